The fraction of sp³-hybridized carbons (Fsp3) is 0.182. The Labute approximate surface area is 97.2 Å². The van der Waals surface area contributed by atoms with Crippen LogP contribution >= 0.6 is 11.6 Å². The van der Waals surface area contributed by atoms with E-state index in [0.717, 1.165) is 16.5 Å². The van der Waals surface area contributed by atoms with Crippen molar-refractivity contribution in [3.63, 3.8) is 0 Å². The molecule has 0 amide bonds. The highest BCUT2D eigenvalue weighted by molar-refractivity contribution is 6.34. The number of carbonyl (C=O) groups is 1. The van der Waals surface area contributed by atoms with Crippen molar-refractivity contribution in [3.05, 3.63) is 35.2 Å². The minimum atomic E-state index is 0.361. The fourth-order valence-electron chi connectivity index (χ4n) is 1.45. The lowest BCUT2D eigenvalue weighted by molar-refractivity contribution is -0.128. The zero-order valence-corrected chi connectivity index (χ0v) is 9.15. The Balaban J connectivity index is 2.28. The van der Waals surface area contributed by atoms with Gasteiger partial charge < -0.3 is 4.74 Å². The van der Waals surface area contributed by atoms with Crippen LogP contribution in [-0.4, -0.2) is 23.0 Å². The maximum Gasteiger partial charge on any atom is 0.293 e. The summed E-state index contributed by atoms with van der Waals surface area (Å²) in [5.41, 5.74) is 1.84. The van der Waals surface area contributed by atoms with Crippen molar-refractivity contribution in [2.45, 2.75) is 6.42 Å². The molecule has 5 heteroatoms. The standard InChI is InChI=1S/C11H9ClN2O2/c12-11-9-5-8(3-4-16-7-15)1-2-10(9)13-6-14-11/h1-2,5-7H,3-4H2. The van der Waals surface area contributed by atoms with Crippen LogP contribution < -0.4 is 0 Å². The largest absolute Gasteiger partial charge is 0.468 e. The molecule has 4 nitrogen and oxygen atoms in total. The molecule has 1 aromatic heterocycles. The van der Waals surface area contributed by atoms with E-state index in [9.17, 15) is 4.79 Å². The Morgan fingerprint density at radius 1 is 1.38 bits per heavy atom. The first kappa shape index (κ1) is 10.8. The van der Waals surface area contributed by atoms with Crippen LogP contribution in [0.1, 0.15) is 5.56 Å². The van der Waals surface area contributed by atoms with E-state index in [1.807, 2.05) is 18.2 Å². The molecule has 16 heavy (non-hydrogen) atoms. The Kier molecular flexibility index (Phi) is 3.31. The number of halogens is 1. The van der Waals surface area contributed by atoms with E-state index >= 15 is 0 Å². The van der Waals surface area contributed by atoms with Crippen molar-refractivity contribution in [3.8, 4) is 0 Å². The lowest BCUT2D eigenvalue weighted by Gasteiger charge is -2.03. The van der Waals surface area contributed by atoms with Crippen molar-refractivity contribution in [2.24, 2.45) is 0 Å². The molecule has 1 aromatic carbocycles. The van der Waals surface area contributed by atoms with E-state index in [1.54, 1.807) is 0 Å². The van der Waals surface area contributed by atoms with Gasteiger partial charge in [-0.1, -0.05) is 17.7 Å². The number of nitrogens with zero attached hydrogens (tertiary/aromatic N) is 2. The van der Waals surface area contributed by atoms with Gasteiger partial charge >= 0.3 is 0 Å². The zero-order valence-electron chi connectivity index (χ0n) is 8.39. The molecule has 2 aromatic rings. The number of rotatable bonds is 4. The zero-order chi connectivity index (χ0) is 11.4. The van der Waals surface area contributed by atoms with Crippen LogP contribution in [-0.2, 0) is 16.0 Å². The number of ether oxygens (including phenoxy) is 1. The van der Waals surface area contributed by atoms with Crippen molar-refractivity contribution in [1.82, 2.24) is 9.97 Å². The summed E-state index contributed by atoms with van der Waals surface area (Å²) in [4.78, 5) is 18.0. The second kappa shape index (κ2) is 4.90. The molecule has 0 aliphatic rings. The molecule has 2 rings (SSSR count). The maximum absolute atomic E-state index is 10.00. The number of hydrogen-bond donors (Lipinski definition) is 0. The molecule has 0 saturated carbocycles. The highest BCUT2D eigenvalue weighted by Gasteiger charge is 2.02. The van der Waals surface area contributed by atoms with Gasteiger partial charge in [0.2, 0.25) is 0 Å². The lowest BCUT2D eigenvalue weighted by atomic mass is 10.1. The molecule has 1 heterocycles. The first-order chi connectivity index (χ1) is 7.81. The summed E-state index contributed by atoms with van der Waals surface area (Å²) in [6.07, 6.45) is 2.08. The van der Waals surface area contributed by atoms with Gasteiger partial charge in [0.1, 0.15) is 11.5 Å². The number of carbonyl (C=O) groups excluding carboxylic acids is 1. The highest BCUT2D eigenvalue weighted by Crippen LogP contribution is 2.20. The molecular weight excluding hydrogens is 228 g/mol. The van der Waals surface area contributed by atoms with Crippen LogP contribution in [0, 0.1) is 0 Å². The average molecular weight is 237 g/mol. The van der Waals surface area contributed by atoms with E-state index in [-0.39, 0.29) is 0 Å². The molecule has 0 bridgehead atoms. The fourth-order valence-corrected chi connectivity index (χ4v) is 1.65. The van der Waals surface area contributed by atoms with Crippen LogP contribution in [0.25, 0.3) is 10.9 Å². The van der Waals surface area contributed by atoms with Crippen LogP contribution in [0.2, 0.25) is 5.15 Å². The van der Waals surface area contributed by atoms with Crippen molar-refractivity contribution < 1.29 is 9.53 Å². The second-order valence-electron chi connectivity index (χ2n) is 3.23. The number of hydrogen-bond acceptors (Lipinski definition) is 4. The van der Waals surface area contributed by atoms with E-state index in [0.29, 0.717) is 24.7 Å². The monoisotopic (exact) mass is 236 g/mol. The van der Waals surface area contributed by atoms with Crippen molar-refractivity contribution in [1.29, 1.82) is 0 Å². The van der Waals surface area contributed by atoms with E-state index < -0.39 is 0 Å². The number of aromatic nitrogens is 2. The highest BCUT2D eigenvalue weighted by atomic mass is 35.5. The van der Waals surface area contributed by atoms with Gasteiger partial charge in [-0.05, 0) is 17.7 Å². The predicted octanol–water partition coefficient (Wildman–Crippen LogP) is 2.00. The molecule has 0 N–H and O–H groups in total. The van der Waals surface area contributed by atoms with Gasteiger partial charge in [0.15, 0.2) is 0 Å². The third kappa shape index (κ3) is 2.28. The second-order valence-corrected chi connectivity index (χ2v) is 3.59. The lowest BCUT2D eigenvalue weighted by Crippen LogP contribution is -1.96. The smallest absolute Gasteiger partial charge is 0.293 e. The van der Waals surface area contributed by atoms with Gasteiger partial charge in [0.05, 0.1) is 12.1 Å². The van der Waals surface area contributed by atoms with E-state index in [1.165, 1.54) is 6.33 Å². The van der Waals surface area contributed by atoms with Gasteiger partial charge in [-0.15, -0.1) is 0 Å². The van der Waals surface area contributed by atoms with E-state index in [2.05, 4.69) is 14.7 Å². The van der Waals surface area contributed by atoms with Gasteiger partial charge in [-0.25, -0.2) is 9.97 Å². The SMILES string of the molecule is O=COCCc1ccc2ncnc(Cl)c2c1. The van der Waals surface area contributed by atoms with Crippen LogP contribution in [0.5, 0.6) is 0 Å². The van der Waals surface area contributed by atoms with Crippen LogP contribution in [0.4, 0.5) is 0 Å². The maximum atomic E-state index is 10.00. The molecule has 0 unspecified atom stereocenters. The van der Waals surface area contributed by atoms with Crippen molar-refractivity contribution >= 4 is 29.0 Å². The topological polar surface area (TPSA) is 52.1 Å². The summed E-state index contributed by atoms with van der Waals surface area (Å²) < 4.78 is 4.63. The first-order valence-electron chi connectivity index (χ1n) is 4.75. The molecule has 0 atom stereocenters. The van der Waals surface area contributed by atoms with Crippen molar-refractivity contribution in [2.75, 3.05) is 6.61 Å². The minimum absolute atomic E-state index is 0.361. The third-order valence-corrected chi connectivity index (χ3v) is 2.53. The summed E-state index contributed by atoms with van der Waals surface area (Å²) in [6, 6.07) is 5.71. The van der Waals surface area contributed by atoms with Crippen LogP contribution in [0.15, 0.2) is 24.5 Å². The average Bonchev–Trinajstić information content (AvgIpc) is 2.30. The molecule has 82 valence electrons. The number of fused-ring (bicyclic) bond motifs is 1. The summed E-state index contributed by atoms with van der Waals surface area (Å²) in [6.45, 7) is 0.803. The molecule has 0 spiro atoms. The molecule has 0 fully saturated rings. The van der Waals surface area contributed by atoms with Gasteiger partial charge in [-0.3, -0.25) is 4.79 Å². The Morgan fingerprint density at radius 3 is 3.06 bits per heavy atom. The van der Waals surface area contributed by atoms with Gasteiger partial charge in [-0.2, -0.15) is 0 Å². The number of benzene rings is 1. The quantitative estimate of drug-likeness (QED) is 0.463. The van der Waals surface area contributed by atoms with Crippen LogP contribution in [0.3, 0.4) is 0 Å². The molecular formula is C11H9ClN2O2. The molecule has 0 aliphatic heterocycles. The summed E-state index contributed by atoms with van der Waals surface area (Å²) >= 11 is 5.95. The van der Waals surface area contributed by atoms with E-state index in [4.69, 9.17) is 11.6 Å². The Bertz CT molecular complexity index is 516. The molecule has 0 saturated heterocycles. The predicted molar refractivity (Wildman–Crippen MR) is 60.3 cm³/mol. The van der Waals surface area contributed by atoms with Gasteiger partial charge in [0.25, 0.3) is 6.47 Å². The summed E-state index contributed by atoms with van der Waals surface area (Å²) in [5.74, 6) is 0. The minimum Gasteiger partial charge on any atom is -0.468 e. The Hall–Kier alpha value is -1.68. The third-order valence-electron chi connectivity index (χ3n) is 2.23. The first-order valence-corrected chi connectivity index (χ1v) is 5.13. The molecule has 0 radical (unpaired) electrons. The Morgan fingerprint density at radius 2 is 2.25 bits per heavy atom. The summed E-state index contributed by atoms with van der Waals surface area (Å²) in [5, 5.41) is 1.25. The van der Waals surface area contributed by atoms with Gasteiger partial charge in [0, 0.05) is 11.8 Å². The summed E-state index contributed by atoms with van der Waals surface area (Å²) in [7, 11) is 0. The normalized spacial score (nSPS) is 10.3. The molecule has 0 aliphatic carbocycles.